The van der Waals surface area contributed by atoms with E-state index in [1.165, 1.54) is 12.3 Å². The van der Waals surface area contributed by atoms with Crippen LogP contribution < -0.4 is 15.2 Å². The number of ether oxygens (including phenoxy) is 2. The normalized spacial score (nSPS) is 10.7. The van der Waals surface area contributed by atoms with E-state index in [0.717, 1.165) is 4.68 Å². The highest BCUT2D eigenvalue weighted by molar-refractivity contribution is 5.48. The molecule has 3 aromatic rings. The molecule has 1 aromatic carbocycles. The molecule has 23 heavy (non-hydrogen) atoms. The lowest BCUT2D eigenvalue weighted by Gasteiger charge is -2.14. The van der Waals surface area contributed by atoms with Crippen LogP contribution in [0.1, 0.15) is 12.5 Å². The van der Waals surface area contributed by atoms with Crippen molar-refractivity contribution in [3.63, 3.8) is 0 Å². The van der Waals surface area contributed by atoms with Crippen molar-refractivity contribution in [2.24, 2.45) is 0 Å². The average Bonchev–Trinajstić information content (AvgIpc) is 3.14. The van der Waals surface area contributed by atoms with Crippen molar-refractivity contribution in [1.82, 2.24) is 30.2 Å². The van der Waals surface area contributed by atoms with Gasteiger partial charge in [0.2, 0.25) is 5.88 Å². The number of aromatic amines is 1. The van der Waals surface area contributed by atoms with Crippen molar-refractivity contribution in [1.29, 1.82) is 0 Å². The number of hydrogen-bond donors (Lipinski definition) is 2. The van der Waals surface area contributed by atoms with Crippen molar-refractivity contribution < 1.29 is 14.7 Å². The smallest absolute Gasteiger partial charge is 0.365 e. The quantitative estimate of drug-likeness (QED) is 0.630. The molecule has 0 saturated carbocycles. The van der Waals surface area contributed by atoms with Gasteiger partial charge in [0.05, 0.1) is 24.1 Å². The molecule has 0 saturated heterocycles. The molecule has 120 valence electrons. The fourth-order valence-electron chi connectivity index (χ4n) is 2.06. The summed E-state index contributed by atoms with van der Waals surface area (Å²) < 4.78 is 12.2. The van der Waals surface area contributed by atoms with E-state index in [2.05, 4.69) is 20.6 Å². The first kappa shape index (κ1) is 14.6. The van der Waals surface area contributed by atoms with E-state index in [9.17, 15) is 4.79 Å². The maximum atomic E-state index is 11.8. The third-order valence-electron chi connectivity index (χ3n) is 3.02. The summed E-state index contributed by atoms with van der Waals surface area (Å²) in [6.07, 6.45) is 1.34. The zero-order valence-electron chi connectivity index (χ0n) is 12.2. The minimum Gasteiger partial charge on any atom is -0.493 e. The third-order valence-corrected chi connectivity index (χ3v) is 3.02. The van der Waals surface area contributed by atoms with E-state index in [0.29, 0.717) is 28.5 Å². The van der Waals surface area contributed by atoms with Gasteiger partial charge in [-0.25, -0.2) is 9.89 Å². The Kier molecular flexibility index (Phi) is 3.95. The number of hydrogen-bond acceptors (Lipinski definition) is 7. The lowest BCUT2D eigenvalue weighted by molar-refractivity contribution is 0.141. The molecule has 3 rings (SSSR count). The van der Waals surface area contributed by atoms with Gasteiger partial charge >= 0.3 is 5.69 Å². The highest BCUT2D eigenvalue weighted by Gasteiger charge is 2.15. The first-order valence-corrected chi connectivity index (χ1v) is 6.82. The molecule has 10 nitrogen and oxygen atoms in total. The van der Waals surface area contributed by atoms with Crippen LogP contribution in [0.25, 0.3) is 5.69 Å². The number of tetrazole rings is 1. The highest BCUT2D eigenvalue weighted by Crippen LogP contribution is 2.26. The van der Waals surface area contributed by atoms with Crippen LogP contribution in [-0.2, 0) is 6.61 Å². The van der Waals surface area contributed by atoms with Gasteiger partial charge in [0.15, 0.2) is 0 Å². The molecule has 0 spiro atoms. The third kappa shape index (κ3) is 3.00. The molecule has 0 aliphatic rings. The van der Waals surface area contributed by atoms with Gasteiger partial charge < -0.3 is 14.7 Å². The Bertz CT molecular complexity index is 852. The van der Waals surface area contributed by atoms with Crippen LogP contribution in [0.4, 0.5) is 0 Å². The second kappa shape index (κ2) is 6.22. The average molecular weight is 318 g/mol. The van der Waals surface area contributed by atoms with Gasteiger partial charge in [0.25, 0.3) is 0 Å². The van der Waals surface area contributed by atoms with Crippen LogP contribution in [0.3, 0.4) is 0 Å². The van der Waals surface area contributed by atoms with Crippen molar-refractivity contribution >= 4 is 0 Å². The second-order valence-electron chi connectivity index (χ2n) is 4.47. The minimum atomic E-state index is -0.473. The van der Waals surface area contributed by atoms with Gasteiger partial charge in [0.1, 0.15) is 12.4 Å². The molecular formula is C13H14N6O4. The monoisotopic (exact) mass is 318 g/mol. The zero-order valence-corrected chi connectivity index (χ0v) is 12.2. The fourth-order valence-corrected chi connectivity index (χ4v) is 2.06. The standard InChI is InChI=1S/C13H14N6O4/c1-2-22-11-5-3-4-10(19-13(20)14-16-17-19)9(11)8-23-12-6-7-18(21)15-12/h3-7,21H,2,8H2,1H3,(H,14,17,20). The Morgan fingerprint density at radius 3 is 2.83 bits per heavy atom. The topological polar surface area (TPSA) is 120 Å². The van der Waals surface area contributed by atoms with Gasteiger partial charge in [0, 0.05) is 6.07 Å². The summed E-state index contributed by atoms with van der Waals surface area (Å²) in [7, 11) is 0. The van der Waals surface area contributed by atoms with Gasteiger partial charge in [-0.2, -0.15) is 4.68 Å². The maximum absolute atomic E-state index is 11.8. The van der Waals surface area contributed by atoms with Crippen LogP contribution >= 0.6 is 0 Å². The molecule has 0 atom stereocenters. The van der Waals surface area contributed by atoms with E-state index in [-0.39, 0.29) is 12.5 Å². The molecule has 0 unspecified atom stereocenters. The molecule has 2 aromatic heterocycles. The lowest BCUT2D eigenvalue weighted by Crippen LogP contribution is -2.18. The second-order valence-corrected chi connectivity index (χ2v) is 4.47. The van der Waals surface area contributed by atoms with Crippen molar-refractivity contribution in [3.05, 3.63) is 46.5 Å². The fraction of sp³-hybridized carbons (Fsp3) is 0.231. The van der Waals surface area contributed by atoms with E-state index in [4.69, 9.17) is 14.7 Å². The molecule has 0 radical (unpaired) electrons. The predicted octanol–water partition coefficient (Wildman–Crippen LogP) is 0.367. The molecule has 0 aliphatic heterocycles. The molecular weight excluding hydrogens is 304 g/mol. The Labute approximate surface area is 129 Å². The maximum Gasteiger partial charge on any atom is 0.365 e. The van der Waals surface area contributed by atoms with Gasteiger partial charge in [-0.1, -0.05) is 11.2 Å². The zero-order chi connectivity index (χ0) is 16.2. The molecule has 0 bridgehead atoms. The summed E-state index contributed by atoms with van der Waals surface area (Å²) in [5.74, 6) is 0.792. The van der Waals surface area contributed by atoms with Crippen molar-refractivity contribution in [3.8, 4) is 17.3 Å². The Morgan fingerprint density at radius 2 is 2.17 bits per heavy atom. The Morgan fingerprint density at radius 1 is 1.30 bits per heavy atom. The molecule has 2 heterocycles. The summed E-state index contributed by atoms with van der Waals surface area (Å²) in [4.78, 5) is 12.4. The lowest BCUT2D eigenvalue weighted by atomic mass is 10.1. The van der Waals surface area contributed by atoms with Crippen LogP contribution in [0.15, 0.2) is 35.3 Å². The van der Waals surface area contributed by atoms with Gasteiger partial charge in [-0.3, -0.25) is 0 Å². The van der Waals surface area contributed by atoms with Gasteiger partial charge in [-0.15, -0.1) is 4.85 Å². The van der Waals surface area contributed by atoms with Gasteiger partial charge in [-0.05, 0) is 29.5 Å². The number of nitrogens with zero attached hydrogens (tertiary/aromatic N) is 5. The molecule has 0 amide bonds. The summed E-state index contributed by atoms with van der Waals surface area (Å²) in [6, 6.07) is 6.72. The van der Waals surface area contributed by atoms with Crippen LogP contribution in [0, 0.1) is 0 Å². The Hall–Kier alpha value is -3.30. The van der Waals surface area contributed by atoms with Crippen molar-refractivity contribution in [2.45, 2.75) is 13.5 Å². The van der Waals surface area contributed by atoms with E-state index < -0.39 is 5.69 Å². The largest absolute Gasteiger partial charge is 0.493 e. The van der Waals surface area contributed by atoms with E-state index >= 15 is 0 Å². The summed E-state index contributed by atoms with van der Waals surface area (Å²) in [5.41, 5.74) is 0.621. The van der Waals surface area contributed by atoms with E-state index in [1.807, 2.05) is 6.92 Å². The summed E-state index contributed by atoms with van der Waals surface area (Å²) >= 11 is 0. The number of nitrogens with one attached hydrogen (secondary N) is 1. The van der Waals surface area contributed by atoms with E-state index in [1.54, 1.807) is 18.2 Å². The minimum absolute atomic E-state index is 0.0712. The molecule has 10 heteroatoms. The van der Waals surface area contributed by atoms with Crippen LogP contribution in [-0.4, -0.2) is 42.0 Å². The molecule has 0 aliphatic carbocycles. The first-order valence-electron chi connectivity index (χ1n) is 6.82. The first-order chi connectivity index (χ1) is 11.2. The number of benzene rings is 1. The SMILES string of the molecule is CCOc1cccc(-n2nn[nH]c2=O)c1COc1ccn(O)n1. The number of aromatic nitrogens is 6. The predicted molar refractivity (Wildman–Crippen MR) is 76.9 cm³/mol. The van der Waals surface area contributed by atoms with Crippen LogP contribution in [0.5, 0.6) is 11.6 Å². The molecule has 0 fully saturated rings. The van der Waals surface area contributed by atoms with Crippen molar-refractivity contribution in [2.75, 3.05) is 6.61 Å². The Balaban J connectivity index is 1.97. The number of H-pyrrole nitrogens is 1. The van der Waals surface area contributed by atoms with Crippen LogP contribution in [0.2, 0.25) is 0 Å². The highest BCUT2D eigenvalue weighted by atomic mass is 16.5. The number of rotatable bonds is 6. The summed E-state index contributed by atoms with van der Waals surface area (Å²) in [6.45, 7) is 2.38. The molecule has 2 N–H and O–H groups in total. The summed E-state index contributed by atoms with van der Waals surface area (Å²) in [5, 5.41) is 22.3.